The van der Waals surface area contributed by atoms with Crippen molar-refractivity contribution in [3.05, 3.63) is 0 Å². The quantitative estimate of drug-likeness (QED) is 0.742. The molecule has 0 N–H and O–H groups in total. The fourth-order valence-corrected chi connectivity index (χ4v) is 2.59. The number of halogens is 2. The van der Waals surface area contributed by atoms with E-state index in [1.54, 1.807) is 11.9 Å². The summed E-state index contributed by atoms with van der Waals surface area (Å²) in [6.45, 7) is 1.90. The Morgan fingerprint density at radius 3 is 2.62 bits per heavy atom. The number of hydrogen-bond acceptors (Lipinski definition) is 2. The maximum absolute atomic E-state index is 12.3. The SMILES string of the molecule is CCC1CCC(C#N)C(N(C)CC(F)F)C1. The minimum absolute atomic E-state index is 0.0118. The summed E-state index contributed by atoms with van der Waals surface area (Å²) < 4.78 is 24.7. The lowest BCUT2D eigenvalue weighted by Crippen LogP contribution is -2.43. The molecule has 0 bridgehead atoms. The molecule has 0 spiro atoms. The molecule has 1 saturated carbocycles. The molecular formula is C12H20F2N2. The Balaban J connectivity index is 2.61. The molecule has 1 fully saturated rings. The van der Waals surface area contributed by atoms with Crippen molar-refractivity contribution in [3.63, 3.8) is 0 Å². The highest BCUT2D eigenvalue weighted by Crippen LogP contribution is 2.33. The molecule has 2 nitrogen and oxygen atoms in total. The number of hydrogen-bond donors (Lipinski definition) is 0. The fraction of sp³-hybridized carbons (Fsp3) is 0.917. The Bertz CT molecular complexity index is 250. The van der Waals surface area contributed by atoms with Gasteiger partial charge in [-0.25, -0.2) is 8.78 Å². The van der Waals surface area contributed by atoms with Crippen LogP contribution < -0.4 is 0 Å². The van der Waals surface area contributed by atoms with E-state index in [-0.39, 0.29) is 18.5 Å². The predicted molar refractivity (Wildman–Crippen MR) is 59.2 cm³/mol. The van der Waals surface area contributed by atoms with Gasteiger partial charge in [-0.05, 0) is 32.2 Å². The second-order valence-corrected chi connectivity index (χ2v) is 4.72. The summed E-state index contributed by atoms with van der Waals surface area (Å²) in [6.07, 6.45) is 1.57. The zero-order chi connectivity index (χ0) is 12.1. The van der Waals surface area contributed by atoms with Crippen LogP contribution in [-0.4, -0.2) is 31.0 Å². The molecule has 1 rings (SSSR count). The van der Waals surface area contributed by atoms with Gasteiger partial charge < -0.3 is 0 Å². The van der Waals surface area contributed by atoms with Gasteiger partial charge in [0, 0.05) is 6.04 Å². The van der Waals surface area contributed by atoms with Gasteiger partial charge in [0.1, 0.15) is 0 Å². The Kier molecular flexibility index (Phi) is 5.14. The average molecular weight is 230 g/mol. The lowest BCUT2D eigenvalue weighted by Gasteiger charge is -2.38. The second kappa shape index (κ2) is 6.15. The highest BCUT2D eigenvalue weighted by molar-refractivity contribution is 4.96. The fourth-order valence-electron chi connectivity index (χ4n) is 2.59. The summed E-state index contributed by atoms with van der Waals surface area (Å²) in [6, 6.07) is 2.28. The molecule has 1 aliphatic rings. The molecule has 1 aliphatic carbocycles. The molecule has 4 heteroatoms. The predicted octanol–water partition coefficient (Wildman–Crippen LogP) is 2.90. The molecule has 0 saturated heterocycles. The second-order valence-electron chi connectivity index (χ2n) is 4.72. The van der Waals surface area contributed by atoms with E-state index < -0.39 is 6.43 Å². The van der Waals surface area contributed by atoms with Gasteiger partial charge in [-0.3, -0.25) is 4.90 Å². The van der Waals surface area contributed by atoms with E-state index >= 15 is 0 Å². The van der Waals surface area contributed by atoms with Gasteiger partial charge in [-0.2, -0.15) is 5.26 Å². The third kappa shape index (κ3) is 3.41. The van der Waals surface area contributed by atoms with Crippen molar-refractivity contribution in [1.29, 1.82) is 5.26 Å². The summed E-state index contributed by atoms with van der Waals surface area (Å²) in [5, 5.41) is 9.04. The van der Waals surface area contributed by atoms with Crippen LogP contribution in [0.4, 0.5) is 8.78 Å². The van der Waals surface area contributed by atoms with E-state index in [1.807, 2.05) is 0 Å². The van der Waals surface area contributed by atoms with Crippen molar-refractivity contribution in [2.75, 3.05) is 13.6 Å². The van der Waals surface area contributed by atoms with Gasteiger partial charge >= 0.3 is 0 Å². The Hall–Kier alpha value is -0.690. The minimum atomic E-state index is -2.31. The Labute approximate surface area is 96.2 Å². The zero-order valence-electron chi connectivity index (χ0n) is 10.00. The van der Waals surface area contributed by atoms with E-state index in [2.05, 4.69) is 13.0 Å². The van der Waals surface area contributed by atoms with E-state index in [0.717, 1.165) is 25.7 Å². The van der Waals surface area contributed by atoms with E-state index in [4.69, 9.17) is 5.26 Å². The molecule has 92 valence electrons. The first-order chi connectivity index (χ1) is 7.58. The van der Waals surface area contributed by atoms with E-state index in [0.29, 0.717) is 5.92 Å². The number of rotatable bonds is 4. The summed E-state index contributed by atoms with van der Waals surface area (Å²) in [5.41, 5.74) is 0. The van der Waals surface area contributed by atoms with Crippen molar-refractivity contribution in [2.45, 2.75) is 45.1 Å². The molecule has 0 radical (unpaired) electrons. The Morgan fingerprint density at radius 1 is 1.44 bits per heavy atom. The number of nitriles is 1. The third-order valence-corrected chi connectivity index (χ3v) is 3.66. The average Bonchev–Trinajstić information content (AvgIpc) is 2.27. The van der Waals surface area contributed by atoms with Crippen LogP contribution in [0.25, 0.3) is 0 Å². The van der Waals surface area contributed by atoms with Crippen LogP contribution in [0.15, 0.2) is 0 Å². The van der Waals surface area contributed by atoms with Crippen molar-refractivity contribution in [3.8, 4) is 6.07 Å². The maximum atomic E-state index is 12.3. The lowest BCUT2D eigenvalue weighted by molar-refractivity contribution is 0.0497. The first-order valence-electron chi connectivity index (χ1n) is 5.96. The highest BCUT2D eigenvalue weighted by Gasteiger charge is 2.33. The van der Waals surface area contributed by atoms with E-state index in [1.165, 1.54) is 0 Å². The maximum Gasteiger partial charge on any atom is 0.251 e. The van der Waals surface area contributed by atoms with Crippen LogP contribution in [0.3, 0.4) is 0 Å². The van der Waals surface area contributed by atoms with E-state index in [9.17, 15) is 8.78 Å². The van der Waals surface area contributed by atoms with Gasteiger partial charge in [0.2, 0.25) is 0 Å². The monoisotopic (exact) mass is 230 g/mol. The Morgan fingerprint density at radius 2 is 2.12 bits per heavy atom. The van der Waals surface area contributed by atoms with Crippen LogP contribution in [0.5, 0.6) is 0 Å². The van der Waals surface area contributed by atoms with Gasteiger partial charge in [0.15, 0.2) is 0 Å². The standard InChI is InChI=1S/C12H20F2N2/c1-3-9-4-5-10(7-15)11(6-9)16(2)8-12(13)14/h9-12H,3-6,8H2,1-2H3. The molecule has 0 aromatic rings. The number of nitrogens with zero attached hydrogens (tertiary/aromatic N) is 2. The molecule has 0 aliphatic heterocycles. The number of alkyl halides is 2. The molecular weight excluding hydrogens is 210 g/mol. The minimum Gasteiger partial charge on any atom is -0.297 e. The molecule has 16 heavy (non-hydrogen) atoms. The van der Waals surface area contributed by atoms with Crippen molar-refractivity contribution in [1.82, 2.24) is 4.90 Å². The summed E-state index contributed by atoms with van der Waals surface area (Å²) >= 11 is 0. The topological polar surface area (TPSA) is 27.0 Å². The van der Waals surface area contributed by atoms with Crippen LogP contribution in [0, 0.1) is 23.2 Å². The molecule has 0 aromatic heterocycles. The normalized spacial score (nSPS) is 30.7. The molecule has 0 aromatic carbocycles. The van der Waals surface area contributed by atoms with Gasteiger partial charge in [0.25, 0.3) is 6.43 Å². The first kappa shape index (κ1) is 13.4. The molecule has 0 heterocycles. The largest absolute Gasteiger partial charge is 0.297 e. The van der Waals surface area contributed by atoms with Gasteiger partial charge in [0.05, 0.1) is 18.5 Å². The lowest BCUT2D eigenvalue weighted by atomic mass is 9.77. The summed E-state index contributed by atoms with van der Waals surface area (Å²) in [4.78, 5) is 1.67. The molecule has 3 unspecified atom stereocenters. The molecule has 3 atom stereocenters. The zero-order valence-corrected chi connectivity index (χ0v) is 10.00. The van der Waals surface area contributed by atoms with Crippen molar-refractivity contribution < 1.29 is 8.78 Å². The summed E-state index contributed by atoms with van der Waals surface area (Å²) in [7, 11) is 1.71. The molecule has 0 amide bonds. The van der Waals surface area contributed by atoms with Crippen LogP contribution >= 0.6 is 0 Å². The van der Waals surface area contributed by atoms with Gasteiger partial charge in [-0.1, -0.05) is 13.3 Å². The van der Waals surface area contributed by atoms with Crippen LogP contribution in [0.1, 0.15) is 32.6 Å². The van der Waals surface area contributed by atoms with Crippen LogP contribution in [-0.2, 0) is 0 Å². The first-order valence-corrected chi connectivity index (χ1v) is 5.96. The van der Waals surface area contributed by atoms with Crippen molar-refractivity contribution in [2.24, 2.45) is 11.8 Å². The van der Waals surface area contributed by atoms with Crippen molar-refractivity contribution >= 4 is 0 Å². The highest BCUT2D eigenvalue weighted by atomic mass is 19.3. The van der Waals surface area contributed by atoms with Crippen LogP contribution in [0.2, 0.25) is 0 Å². The third-order valence-electron chi connectivity index (χ3n) is 3.66. The smallest absolute Gasteiger partial charge is 0.251 e. The van der Waals surface area contributed by atoms with Gasteiger partial charge in [-0.15, -0.1) is 0 Å². The summed E-state index contributed by atoms with van der Waals surface area (Å²) in [5.74, 6) is 0.515.